The molecule has 0 fully saturated rings. The molecule has 2 atom stereocenters. The Labute approximate surface area is 393 Å². The number of esters is 2. The summed E-state index contributed by atoms with van der Waals surface area (Å²) >= 11 is 0. The highest BCUT2D eigenvalue weighted by molar-refractivity contribution is 5.71. The first-order chi connectivity index (χ1) is 31.1. The number of carbonyl (C=O) groups is 3. The summed E-state index contributed by atoms with van der Waals surface area (Å²) in [7, 11) is 5.95. The van der Waals surface area contributed by atoms with Crippen molar-refractivity contribution in [1.29, 1.82) is 0 Å². The lowest BCUT2D eigenvalue weighted by atomic mass is 10.0. The topological polar surface area (TPSA) is 108 Å². The molecule has 0 saturated heterocycles. The van der Waals surface area contributed by atoms with E-state index in [1.54, 1.807) is 0 Å². The molecule has 2 unspecified atom stereocenters. The Kier molecular flexibility index (Phi) is 44.3. The van der Waals surface area contributed by atoms with Crippen molar-refractivity contribution in [2.75, 3.05) is 47.5 Å². The summed E-state index contributed by atoms with van der Waals surface area (Å²) in [6.07, 6.45) is 54.6. The van der Waals surface area contributed by atoms with E-state index in [2.05, 4.69) is 74.6 Å². The van der Waals surface area contributed by atoms with Crippen LogP contribution in [0.3, 0.4) is 0 Å². The Morgan fingerprint density at radius 3 is 1.33 bits per heavy atom. The van der Waals surface area contributed by atoms with Crippen LogP contribution in [0.15, 0.2) is 60.8 Å². The van der Waals surface area contributed by atoms with Crippen molar-refractivity contribution < 1.29 is 42.9 Å². The second kappa shape index (κ2) is 46.5. The average Bonchev–Trinajstić information content (AvgIpc) is 3.26. The Hall–Kier alpha value is -3.01. The third kappa shape index (κ3) is 47.0. The minimum Gasteiger partial charge on any atom is -0.477 e. The van der Waals surface area contributed by atoms with Gasteiger partial charge >= 0.3 is 17.9 Å². The molecule has 0 aliphatic heterocycles. The maximum atomic E-state index is 12.8. The molecule has 0 heterocycles. The molecule has 64 heavy (non-hydrogen) atoms. The van der Waals surface area contributed by atoms with Gasteiger partial charge < -0.3 is 28.5 Å². The maximum absolute atomic E-state index is 12.8. The number of aliphatic carboxylic acids is 1. The first kappa shape index (κ1) is 61.0. The first-order valence-electron chi connectivity index (χ1n) is 26.0. The van der Waals surface area contributed by atoms with Crippen LogP contribution in [0, 0.1) is 0 Å². The predicted molar refractivity (Wildman–Crippen MR) is 267 cm³/mol. The second-order valence-corrected chi connectivity index (χ2v) is 18.5. The van der Waals surface area contributed by atoms with E-state index in [0.29, 0.717) is 17.4 Å². The molecule has 0 saturated carbocycles. The van der Waals surface area contributed by atoms with Crippen molar-refractivity contribution in [3.05, 3.63) is 60.8 Å². The minimum atomic E-state index is -1.51. The van der Waals surface area contributed by atoms with Crippen LogP contribution in [0.5, 0.6) is 0 Å². The molecule has 0 spiro atoms. The number of quaternary nitrogens is 1. The fourth-order valence-corrected chi connectivity index (χ4v) is 7.04. The molecule has 0 amide bonds. The predicted octanol–water partition coefficient (Wildman–Crippen LogP) is 14.5. The number of likely N-dealkylation sites (N-methyl/N-ethyl adjacent to an activating group) is 1. The van der Waals surface area contributed by atoms with Crippen molar-refractivity contribution in [3.8, 4) is 0 Å². The summed E-state index contributed by atoms with van der Waals surface area (Å²) in [5.74, 6) is -2.01. The van der Waals surface area contributed by atoms with Crippen LogP contribution in [0.25, 0.3) is 0 Å². The van der Waals surface area contributed by atoms with E-state index in [4.69, 9.17) is 18.9 Å². The zero-order valence-corrected chi connectivity index (χ0v) is 41.9. The lowest BCUT2D eigenvalue weighted by Gasteiger charge is -2.25. The highest BCUT2D eigenvalue weighted by Crippen LogP contribution is 2.16. The number of nitrogens with zero attached hydrogens (tertiary/aromatic N) is 1. The van der Waals surface area contributed by atoms with Gasteiger partial charge in [0.2, 0.25) is 0 Å². The molecule has 0 aromatic carbocycles. The van der Waals surface area contributed by atoms with E-state index in [-0.39, 0.29) is 32.2 Å². The van der Waals surface area contributed by atoms with Crippen molar-refractivity contribution in [2.24, 2.45) is 0 Å². The van der Waals surface area contributed by atoms with Gasteiger partial charge in [-0.3, -0.25) is 9.59 Å². The van der Waals surface area contributed by atoms with Gasteiger partial charge in [0.15, 0.2) is 6.10 Å². The molecular weight excluding hydrogens is 803 g/mol. The van der Waals surface area contributed by atoms with Gasteiger partial charge in [-0.2, -0.15) is 0 Å². The molecule has 370 valence electrons. The minimum absolute atomic E-state index is 0.181. The number of hydrogen-bond acceptors (Lipinski definition) is 7. The summed E-state index contributed by atoms with van der Waals surface area (Å²) in [4.78, 5) is 37.1. The van der Waals surface area contributed by atoms with Crippen LogP contribution in [0.4, 0.5) is 0 Å². The number of ether oxygens (including phenoxy) is 4. The van der Waals surface area contributed by atoms with E-state index >= 15 is 0 Å². The monoisotopic (exact) mass is 901 g/mol. The summed E-state index contributed by atoms with van der Waals surface area (Å²) in [6.45, 7) is 4.73. The van der Waals surface area contributed by atoms with Crippen LogP contribution in [-0.2, 0) is 33.3 Å². The van der Waals surface area contributed by atoms with E-state index in [0.717, 1.165) is 70.6 Å². The molecule has 0 bridgehead atoms. The van der Waals surface area contributed by atoms with E-state index in [1.165, 1.54) is 116 Å². The lowest BCUT2D eigenvalue weighted by Crippen LogP contribution is -2.40. The Balaban J connectivity index is 4.07. The smallest absolute Gasteiger partial charge is 0.361 e. The highest BCUT2D eigenvalue weighted by atomic mass is 16.7. The molecule has 0 aliphatic carbocycles. The zero-order chi connectivity index (χ0) is 47.0. The molecular formula is C55H98NO8+. The number of hydrogen-bond donors (Lipinski definition) is 1. The van der Waals surface area contributed by atoms with Crippen LogP contribution in [0.2, 0.25) is 0 Å². The van der Waals surface area contributed by atoms with Gasteiger partial charge in [0.25, 0.3) is 6.29 Å². The van der Waals surface area contributed by atoms with Crippen LogP contribution in [0.1, 0.15) is 213 Å². The Morgan fingerprint density at radius 1 is 0.484 bits per heavy atom. The van der Waals surface area contributed by atoms with Crippen molar-refractivity contribution in [3.63, 3.8) is 0 Å². The van der Waals surface area contributed by atoms with Crippen LogP contribution < -0.4 is 0 Å². The summed E-state index contributed by atoms with van der Waals surface area (Å²) in [6, 6.07) is 0. The van der Waals surface area contributed by atoms with Gasteiger partial charge in [-0.05, 0) is 57.8 Å². The zero-order valence-electron chi connectivity index (χ0n) is 41.9. The lowest BCUT2D eigenvalue weighted by molar-refractivity contribution is -0.870. The number of carbonyl (C=O) groups excluding carboxylic acids is 2. The third-order valence-electron chi connectivity index (χ3n) is 11.0. The fourth-order valence-electron chi connectivity index (χ4n) is 7.04. The molecule has 0 aromatic heterocycles. The molecule has 9 heteroatoms. The molecule has 0 rings (SSSR count). The van der Waals surface area contributed by atoms with Crippen LogP contribution >= 0.6 is 0 Å². The standard InChI is InChI=1S/C55H97NO8/c1-6-8-10-12-14-16-17-18-19-20-21-22-23-24-25-26-27-28-29-30-31-32-33-34-35-36-37-38-40-42-44-46-53(58)64-51(50-63-55(54(59)60)61-48-47-56(3,4)5)49-62-52(57)45-43-41-39-15-13-11-9-7-2/h8,10,14,16,18-19,21-22,24-25,51,55H,6-7,9,11-13,15,17,20,23,26-50H2,1-5H3/p+1/b10-8-,16-14-,19-18-,22-21-,25-24-. The fraction of sp³-hybridized carbons (Fsp3) is 0.764. The van der Waals surface area contributed by atoms with Gasteiger partial charge in [0, 0.05) is 12.8 Å². The molecule has 0 radical (unpaired) electrons. The average molecular weight is 901 g/mol. The molecule has 1 N–H and O–H groups in total. The Morgan fingerprint density at radius 2 is 0.891 bits per heavy atom. The number of allylic oxidation sites excluding steroid dienone is 10. The largest absolute Gasteiger partial charge is 0.477 e. The van der Waals surface area contributed by atoms with Crippen molar-refractivity contribution in [1.82, 2.24) is 0 Å². The van der Waals surface area contributed by atoms with Gasteiger partial charge in [0.05, 0.1) is 34.4 Å². The van der Waals surface area contributed by atoms with Crippen molar-refractivity contribution >= 4 is 17.9 Å². The number of carboxylic acid groups (broad SMARTS) is 1. The molecule has 0 aromatic rings. The maximum Gasteiger partial charge on any atom is 0.361 e. The van der Waals surface area contributed by atoms with E-state index in [1.807, 2.05) is 21.1 Å². The molecule has 0 aliphatic rings. The first-order valence-corrected chi connectivity index (χ1v) is 26.0. The van der Waals surface area contributed by atoms with Crippen LogP contribution in [-0.4, -0.2) is 87.4 Å². The van der Waals surface area contributed by atoms with Gasteiger partial charge in [-0.1, -0.05) is 203 Å². The molecule has 9 nitrogen and oxygen atoms in total. The van der Waals surface area contributed by atoms with Crippen molar-refractivity contribution in [2.45, 2.75) is 225 Å². The quantitative estimate of drug-likeness (QED) is 0.0211. The summed E-state index contributed by atoms with van der Waals surface area (Å²) < 4.78 is 22.7. The van der Waals surface area contributed by atoms with E-state index < -0.39 is 24.3 Å². The van der Waals surface area contributed by atoms with E-state index in [9.17, 15) is 19.5 Å². The Bertz CT molecular complexity index is 1230. The third-order valence-corrected chi connectivity index (χ3v) is 11.0. The number of carboxylic acids is 1. The number of rotatable bonds is 47. The SMILES string of the molecule is CC/C=C\C/C=C\C/C=C\C/C=C\C/C=C\CCCCCCCCCCCCCCCCCC(=O)OC(COC(=O)CCCCCCCCCC)COC(OCC[N+](C)(C)C)C(=O)O. The summed E-state index contributed by atoms with van der Waals surface area (Å²) in [5, 5.41) is 9.63. The number of unbranched alkanes of at least 4 members (excludes halogenated alkanes) is 22. The second-order valence-electron chi connectivity index (χ2n) is 18.5. The van der Waals surface area contributed by atoms with Gasteiger partial charge in [-0.25, -0.2) is 4.79 Å². The summed E-state index contributed by atoms with van der Waals surface area (Å²) in [5.41, 5.74) is 0. The highest BCUT2D eigenvalue weighted by Gasteiger charge is 2.25. The van der Waals surface area contributed by atoms with Gasteiger partial charge in [-0.15, -0.1) is 0 Å². The normalized spacial score (nSPS) is 13.3. The van der Waals surface area contributed by atoms with Gasteiger partial charge in [0.1, 0.15) is 13.2 Å².